The van der Waals surface area contributed by atoms with Gasteiger partial charge < -0.3 is 15.0 Å². The van der Waals surface area contributed by atoms with Gasteiger partial charge in [-0.3, -0.25) is 4.79 Å². The minimum absolute atomic E-state index is 0.00498. The zero-order valence-electron chi connectivity index (χ0n) is 16.1. The predicted molar refractivity (Wildman–Crippen MR) is 106 cm³/mol. The Morgan fingerprint density at radius 1 is 1.26 bits per heavy atom. The first-order chi connectivity index (χ1) is 13.2. The second kappa shape index (κ2) is 9.35. The first-order valence-electron chi connectivity index (χ1n) is 9.71. The molecular formula is C21H28N4O2. The molecule has 1 N–H and O–H groups in total. The number of ether oxygens (including phenoxy) is 1. The van der Waals surface area contributed by atoms with Crippen molar-refractivity contribution in [1.82, 2.24) is 14.9 Å². The summed E-state index contributed by atoms with van der Waals surface area (Å²) in [5, 5.41) is 3.26. The summed E-state index contributed by atoms with van der Waals surface area (Å²) in [6.07, 6.45) is 8.37. The highest BCUT2D eigenvalue weighted by Gasteiger charge is 2.27. The summed E-state index contributed by atoms with van der Waals surface area (Å²) < 4.78 is 5.37. The number of carbonyl (C=O) groups excluding carboxylic acids is 1. The van der Waals surface area contributed by atoms with Gasteiger partial charge in [-0.2, -0.15) is 0 Å². The van der Waals surface area contributed by atoms with Crippen LogP contribution in [0.2, 0.25) is 0 Å². The summed E-state index contributed by atoms with van der Waals surface area (Å²) in [5.74, 6) is 1.56. The molecule has 1 aliphatic rings. The van der Waals surface area contributed by atoms with E-state index in [1.807, 2.05) is 23.1 Å². The number of likely N-dealkylation sites (tertiary alicyclic amines) is 1. The molecule has 1 aromatic carbocycles. The molecule has 1 fully saturated rings. The van der Waals surface area contributed by atoms with Crippen LogP contribution in [0.25, 0.3) is 0 Å². The number of piperidine rings is 1. The van der Waals surface area contributed by atoms with Crippen LogP contribution in [0.3, 0.4) is 0 Å². The van der Waals surface area contributed by atoms with E-state index in [-0.39, 0.29) is 5.91 Å². The fourth-order valence-electron chi connectivity index (χ4n) is 3.60. The Balaban J connectivity index is 1.56. The number of anilines is 1. The van der Waals surface area contributed by atoms with Crippen molar-refractivity contribution in [2.75, 3.05) is 25.5 Å². The Kier molecular flexibility index (Phi) is 6.63. The van der Waals surface area contributed by atoms with E-state index < -0.39 is 0 Å². The summed E-state index contributed by atoms with van der Waals surface area (Å²) in [4.78, 5) is 23.4. The second-order valence-electron chi connectivity index (χ2n) is 6.83. The zero-order chi connectivity index (χ0) is 19.1. The van der Waals surface area contributed by atoms with Crippen molar-refractivity contribution < 1.29 is 9.53 Å². The van der Waals surface area contributed by atoms with Crippen molar-refractivity contribution in [3.63, 3.8) is 0 Å². The Hall–Kier alpha value is -2.63. The number of rotatable bonds is 7. The van der Waals surface area contributed by atoms with Crippen LogP contribution in [0.5, 0.6) is 5.75 Å². The number of amides is 1. The minimum Gasteiger partial charge on any atom is -0.496 e. The smallest absolute Gasteiger partial charge is 0.274 e. The van der Waals surface area contributed by atoms with Gasteiger partial charge in [-0.05, 0) is 43.7 Å². The van der Waals surface area contributed by atoms with Gasteiger partial charge in [0.2, 0.25) is 0 Å². The van der Waals surface area contributed by atoms with Gasteiger partial charge in [0.25, 0.3) is 5.91 Å². The molecule has 27 heavy (non-hydrogen) atoms. The molecule has 3 rings (SSSR count). The molecule has 144 valence electrons. The Morgan fingerprint density at radius 2 is 2.11 bits per heavy atom. The van der Waals surface area contributed by atoms with Crippen molar-refractivity contribution in [3.8, 4) is 5.75 Å². The van der Waals surface area contributed by atoms with Crippen LogP contribution in [-0.2, 0) is 6.42 Å². The second-order valence-corrected chi connectivity index (χ2v) is 6.83. The van der Waals surface area contributed by atoms with E-state index in [2.05, 4.69) is 28.3 Å². The quantitative estimate of drug-likeness (QED) is 0.810. The van der Waals surface area contributed by atoms with Gasteiger partial charge in [0.15, 0.2) is 0 Å². The highest BCUT2D eigenvalue weighted by Crippen LogP contribution is 2.21. The number of hydrogen-bond donors (Lipinski definition) is 1. The number of carbonyl (C=O) groups is 1. The third-order valence-corrected chi connectivity index (χ3v) is 5.12. The lowest BCUT2D eigenvalue weighted by molar-refractivity contribution is 0.0601. The average Bonchev–Trinajstić information content (AvgIpc) is 2.74. The highest BCUT2D eigenvalue weighted by molar-refractivity contribution is 5.92. The summed E-state index contributed by atoms with van der Waals surface area (Å²) in [5.41, 5.74) is 1.56. The summed E-state index contributed by atoms with van der Waals surface area (Å²) in [6, 6.07) is 8.30. The van der Waals surface area contributed by atoms with Gasteiger partial charge in [0.1, 0.15) is 17.3 Å². The van der Waals surface area contributed by atoms with Gasteiger partial charge >= 0.3 is 0 Å². The maximum absolute atomic E-state index is 12.7. The molecule has 0 radical (unpaired) electrons. The lowest BCUT2D eigenvalue weighted by atomic mass is 10.00. The normalized spacial score (nSPS) is 16.8. The number of hydrogen-bond acceptors (Lipinski definition) is 5. The minimum atomic E-state index is -0.00498. The van der Waals surface area contributed by atoms with Crippen LogP contribution in [0.1, 0.15) is 48.7 Å². The molecule has 1 aliphatic heterocycles. The third-order valence-electron chi connectivity index (χ3n) is 5.12. The first kappa shape index (κ1) is 19.1. The number of aromatic nitrogens is 2. The molecule has 6 nitrogen and oxygen atoms in total. The maximum Gasteiger partial charge on any atom is 0.274 e. The van der Waals surface area contributed by atoms with Crippen molar-refractivity contribution in [3.05, 3.63) is 47.9 Å². The van der Waals surface area contributed by atoms with E-state index in [1.165, 1.54) is 6.42 Å². The van der Waals surface area contributed by atoms with Crippen molar-refractivity contribution in [2.24, 2.45) is 0 Å². The molecule has 6 heteroatoms. The van der Waals surface area contributed by atoms with Crippen LogP contribution >= 0.6 is 0 Å². The number of nitrogens with one attached hydrogen (secondary N) is 1. The standard InChI is InChI=1S/C21H28N4O2/c1-3-17-9-6-7-13-25(17)21(26)18-14-24-20(15-23-18)22-12-11-16-8-4-5-10-19(16)27-2/h4-5,8,10,14-15,17H,3,6-7,9,11-13H2,1-2H3,(H,22,24). The number of nitrogens with zero attached hydrogens (tertiary/aromatic N) is 3. The van der Waals surface area contributed by atoms with Gasteiger partial charge in [0, 0.05) is 19.1 Å². The zero-order valence-corrected chi connectivity index (χ0v) is 16.1. The molecule has 1 atom stereocenters. The fourth-order valence-corrected chi connectivity index (χ4v) is 3.60. The third kappa shape index (κ3) is 4.76. The van der Waals surface area contributed by atoms with Gasteiger partial charge in [-0.25, -0.2) is 9.97 Å². The fraction of sp³-hybridized carbons (Fsp3) is 0.476. The van der Waals surface area contributed by atoms with Crippen LogP contribution in [0, 0.1) is 0 Å². The monoisotopic (exact) mass is 368 g/mol. The van der Waals surface area contributed by atoms with E-state index in [1.54, 1.807) is 19.5 Å². The molecule has 1 unspecified atom stereocenters. The maximum atomic E-state index is 12.7. The summed E-state index contributed by atoms with van der Waals surface area (Å²) in [7, 11) is 1.68. The van der Waals surface area contributed by atoms with Crippen LogP contribution < -0.4 is 10.1 Å². The number of para-hydroxylation sites is 1. The topological polar surface area (TPSA) is 67.4 Å². The molecule has 1 aromatic heterocycles. The van der Waals surface area contributed by atoms with Gasteiger partial charge in [-0.15, -0.1) is 0 Å². The van der Waals surface area contributed by atoms with E-state index in [0.717, 1.165) is 43.5 Å². The molecule has 0 saturated carbocycles. The number of methoxy groups -OCH3 is 1. The van der Waals surface area contributed by atoms with Crippen LogP contribution in [-0.4, -0.2) is 47.0 Å². The molecule has 1 saturated heterocycles. The van der Waals surface area contributed by atoms with E-state index in [4.69, 9.17) is 4.74 Å². The first-order valence-corrected chi connectivity index (χ1v) is 9.71. The lowest BCUT2D eigenvalue weighted by Gasteiger charge is -2.34. The Bertz CT molecular complexity index is 748. The van der Waals surface area contributed by atoms with Crippen LogP contribution in [0.4, 0.5) is 5.82 Å². The van der Waals surface area contributed by atoms with E-state index in [0.29, 0.717) is 24.1 Å². The molecular weight excluding hydrogens is 340 g/mol. The molecule has 0 bridgehead atoms. The van der Waals surface area contributed by atoms with E-state index in [9.17, 15) is 4.79 Å². The lowest BCUT2D eigenvalue weighted by Crippen LogP contribution is -2.43. The Morgan fingerprint density at radius 3 is 2.85 bits per heavy atom. The largest absolute Gasteiger partial charge is 0.496 e. The molecule has 1 amide bonds. The summed E-state index contributed by atoms with van der Waals surface area (Å²) >= 11 is 0. The number of benzene rings is 1. The molecule has 2 heterocycles. The molecule has 0 spiro atoms. The molecule has 0 aliphatic carbocycles. The average molecular weight is 368 g/mol. The summed E-state index contributed by atoms with van der Waals surface area (Å²) in [6.45, 7) is 3.67. The van der Waals surface area contributed by atoms with E-state index >= 15 is 0 Å². The predicted octanol–water partition coefficient (Wildman–Crippen LogP) is 3.54. The van der Waals surface area contributed by atoms with Gasteiger partial charge in [-0.1, -0.05) is 25.1 Å². The van der Waals surface area contributed by atoms with Crippen molar-refractivity contribution in [2.45, 2.75) is 45.1 Å². The Labute approximate surface area is 161 Å². The van der Waals surface area contributed by atoms with Gasteiger partial charge in [0.05, 0.1) is 19.5 Å². The van der Waals surface area contributed by atoms with Crippen LogP contribution in [0.15, 0.2) is 36.7 Å². The molecule has 2 aromatic rings. The van der Waals surface area contributed by atoms with Crippen molar-refractivity contribution in [1.29, 1.82) is 0 Å². The van der Waals surface area contributed by atoms with Crippen molar-refractivity contribution >= 4 is 11.7 Å². The SMILES string of the molecule is CCC1CCCCN1C(=O)c1cnc(NCCc2ccccc2OC)cn1. The highest BCUT2D eigenvalue weighted by atomic mass is 16.5.